The van der Waals surface area contributed by atoms with Crippen LogP contribution in [0.1, 0.15) is 18.7 Å². The number of aliphatic hydroxyl groups is 1. The molecular weight excluding hydrogens is 245 g/mol. The lowest BCUT2D eigenvalue weighted by atomic mass is 10.1. The van der Waals surface area contributed by atoms with E-state index in [0.717, 1.165) is 5.56 Å². The highest BCUT2D eigenvalue weighted by atomic mass is 19.1. The van der Waals surface area contributed by atoms with Gasteiger partial charge in [0, 0.05) is 24.2 Å². The molecule has 3 rings (SSSR count). The summed E-state index contributed by atoms with van der Waals surface area (Å²) in [5.41, 5.74) is 2.56. The third-order valence-electron chi connectivity index (χ3n) is 2.95. The maximum Gasteiger partial charge on any atom is 0.139 e. The lowest BCUT2D eigenvalue weighted by molar-refractivity contribution is 0.194. The Morgan fingerprint density at radius 3 is 2.84 bits per heavy atom. The topological polar surface area (TPSA) is 50.4 Å². The van der Waals surface area contributed by atoms with Crippen LogP contribution in [0.15, 0.2) is 42.9 Å². The van der Waals surface area contributed by atoms with Gasteiger partial charge in [0.2, 0.25) is 0 Å². The average molecular weight is 257 g/mol. The minimum Gasteiger partial charge on any atom is -0.387 e. The highest BCUT2D eigenvalue weighted by molar-refractivity contribution is 5.66. The van der Waals surface area contributed by atoms with Crippen molar-refractivity contribution >= 4 is 5.65 Å². The molecule has 1 atom stereocenters. The number of nitrogens with zero attached hydrogens (tertiary/aromatic N) is 3. The van der Waals surface area contributed by atoms with Crippen molar-refractivity contribution in [1.29, 1.82) is 0 Å². The first-order chi connectivity index (χ1) is 9.16. The summed E-state index contributed by atoms with van der Waals surface area (Å²) in [5.74, 6) is -0.371. The normalized spacial score (nSPS) is 12.8. The maximum absolute atomic E-state index is 13.3. The van der Waals surface area contributed by atoms with Crippen molar-refractivity contribution in [1.82, 2.24) is 14.4 Å². The van der Waals surface area contributed by atoms with E-state index in [4.69, 9.17) is 0 Å². The van der Waals surface area contributed by atoms with Crippen molar-refractivity contribution < 1.29 is 9.50 Å². The fourth-order valence-corrected chi connectivity index (χ4v) is 2.15. The third kappa shape index (κ3) is 1.98. The van der Waals surface area contributed by atoms with Gasteiger partial charge < -0.3 is 5.11 Å². The zero-order valence-electron chi connectivity index (χ0n) is 10.3. The molecule has 3 heterocycles. The third-order valence-corrected chi connectivity index (χ3v) is 2.95. The molecule has 1 unspecified atom stereocenters. The maximum atomic E-state index is 13.3. The van der Waals surface area contributed by atoms with Crippen molar-refractivity contribution in [2.75, 3.05) is 0 Å². The summed E-state index contributed by atoms with van der Waals surface area (Å²) in [4.78, 5) is 8.49. The zero-order valence-corrected chi connectivity index (χ0v) is 10.3. The van der Waals surface area contributed by atoms with Gasteiger partial charge in [-0.2, -0.15) is 0 Å². The molecule has 0 saturated heterocycles. The Balaban J connectivity index is 2.33. The average Bonchev–Trinajstić information content (AvgIpc) is 2.78. The molecule has 5 heteroatoms. The Bertz CT molecular complexity index is 722. The number of rotatable bonds is 2. The van der Waals surface area contributed by atoms with E-state index in [2.05, 4.69) is 9.97 Å². The van der Waals surface area contributed by atoms with Crippen LogP contribution in [0.4, 0.5) is 4.39 Å². The summed E-state index contributed by atoms with van der Waals surface area (Å²) in [6.45, 7) is 1.63. The molecule has 0 aliphatic rings. The van der Waals surface area contributed by atoms with Crippen LogP contribution in [0.5, 0.6) is 0 Å². The second-order valence-electron chi connectivity index (χ2n) is 4.34. The molecule has 3 aromatic rings. The van der Waals surface area contributed by atoms with Gasteiger partial charge in [-0.15, -0.1) is 0 Å². The second-order valence-corrected chi connectivity index (χ2v) is 4.34. The molecule has 0 saturated carbocycles. The van der Waals surface area contributed by atoms with Crippen LogP contribution in [0.3, 0.4) is 0 Å². The number of imidazole rings is 1. The van der Waals surface area contributed by atoms with E-state index in [0.29, 0.717) is 17.0 Å². The van der Waals surface area contributed by atoms with E-state index in [9.17, 15) is 9.50 Å². The monoisotopic (exact) mass is 257 g/mol. The van der Waals surface area contributed by atoms with Gasteiger partial charge in [-0.05, 0) is 31.2 Å². The summed E-state index contributed by atoms with van der Waals surface area (Å²) in [6, 6.07) is 6.59. The molecular formula is C14H12FN3O. The van der Waals surface area contributed by atoms with Crippen LogP contribution >= 0.6 is 0 Å². The molecule has 19 heavy (non-hydrogen) atoms. The van der Waals surface area contributed by atoms with E-state index in [1.807, 2.05) is 6.07 Å². The van der Waals surface area contributed by atoms with Crippen LogP contribution < -0.4 is 0 Å². The largest absolute Gasteiger partial charge is 0.387 e. The van der Waals surface area contributed by atoms with E-state index in [-0.39, 0.29) is 5.82 Å². The number of aliphatic hydroxyl groups excluding tert-OH is 1. The molecule has 0 spiro atoms. The number of hydrogen-bond donors (Lipinski definition) is 1. The molecule has 1 N–H and O–H groups in total. The van der Waals surface area contributed by atoms with Crippen molar-refractivity contribution in [3.63, 3.8) is 0 Å². The quantitative estimate of drug-likeness (QED) is 0.767. The summed E-state index contributed by atoms with van der Waals surface area (Å²) >= 11 is 0. The SMILES string of the molecule is CC(O)c1c(-c2cccnc2)nc2ccc(F)cn12. The number of aromatic nitrogens is 3. The van der Waals surface area contributed by atoms with Gasteiger partial charge in [-0.3, -0.25) is 9.38 Å². The molecule has 0 aliphatic heterocycles. The molecule has 0 amide bonds. The summed E-state index contributed by atoms with van der Waals surface area (Å²) < 4.78 is 14.9. The van der Waals surface area contributed by atoms with Gasteiger partial charge in [0.25, 0.3) is 0 Å². The van der Waals surface area contributed by atoms with Gasteiger partial charge in [-0.25, -0.2) is 9.37 Å². The molecule has 0 aromatic carbocycles. The predicted octanol–water partition coefficient (Wildman–Crippen LogP) is 2.59. The summed E-state index contributed by atoms with van der Waals surface area (Å²) in [5, 5.41) is 9.94. The first-order valence-corrected chi connectivity index (χ1v) is 5.93. The minimum atomic E-state index is -0.757. The summed E-state index contributed by atoms with van der Waals surface area (Å²) in [7, 11) is 0. The van der Waals surface area contributed by atoms with Gasteiger partial charge in [0.1, 0.15) is 11.5 Å². The number of pyridine rings is 2. The Morgan fingerprint density at radius 1 is 1.32 bits per heavy atom. The molecule has 0 radical (unpaired) electrons. The number of halogens is 1. The lowest BCUT2D eigenvalue weighted by Gasteiger charge is -2.07. The highest BCUT2D eigenvalue weighted by Crippen LogP contribution is 2.28. The fourth-order valence-electron chi connectivity index (χ4n) is 2.15. The Labute approximate surface area is 109 Å². The molecule has 4 nitrogen and oxygen atoms in total. The first-order valence-electron chi connectivity index (χ1n) is 5.93. The van der Waals surface area contributed by atoms with Crippen LogP contribution in [-0.2, 0) is 0 Å². The van der Waals surface area contributed by atoms with Gasteiger partial charge in [0.15, 0.2) is 0 Å². The van der Waals surface area contributed by atoms with Crippen LogP contribution in [0.2, 0.25) is 0 Å². The van der Waals surface area contributed by atoms with Crippen molar-refractivity contribution in [2.24, 2.45) is 0 Å². The molecule has 0 bridgehead atoms. The molecule has 96 valence electrons. The van der Waals surface area contributed by atoms with Crippen LogP contribution in [-0.4, -0.2) is 19.5 Å². The smallest absolute Gasteiger partial charge is 0.139 e. The fraction of sp³-hybridized carbons (Fsp3) is 0.143. The van der Waals surface area contributed by atoms with E-state index < -0.39 is 6.10 Å². The molecule has 0 aliphatic carbocycles. The Morgan fingerprint density at radius 2 is 2.16 bits per heavy atom. The first kappa shape index (κ1) is 11.8. The van der Waals surface area contributed by atoms with E-state index in [1.54, 1.807) is 35.9 Å². The highest BCUT2D eigenvalue weighted by Gasteiger charge is 2.18. The number of hydrogen-bond acceptors (Lipinski definition) is 3. The lowest BCUT2D eigenvalue weighted by Crippen LogP contribution is -2.00. The van der Waals surface area contributed by atoms with Gasteiger partial charge in [0.05, 0.1) is 17.5 Å². The van der Waals surface area contributed by atoms with Crippen LogP contribution in [0, 0.1) is 5.82 Å². The number of fused-ring (bicyclic) bond motifs is 1. The van der Waals surface area contributed by atoms with Crippen molar-refractivity contribution in [3.05, 3.63) is 54.4 Å². The molecule has 0 fully saturated rings. The Hall–Kier alpha value is -2.27. The van der Waals surface area contributed by atoms with Crippen molar-refractivity contribution in [2.45, 2.75) is 13.0 Å². The predicted molar refractivity (Wildman–Crippen MR) is 69.0 cm³/mol. The second kappa shape index (κ2) is 4.44. The van der Waals surface area contributed by atoms with Crippen molar-refractivity contribution in [3.8, 4) is 11.3 Å². The zero-order chi connectivity index (χ0) is 13.4. The van der Waals surface area contributed by atoms with Gasteiger partial charge in [-0.1, -0.05) is 0 Å². The van der Waals surface area contributed by atoms with E-state index in [1.165, 1.54) is 12.3 Å². The minimum absolute atomic E-state index is 0.371. The standard InChI is InChI=1S/C14H12FN3O/c1-9(19)14-13(10-3-2-6-16-7-10)17-12-5-4-11(15)8-18(12)14/h2-9,19H,1H3. The van der Waals surface area contributed by atoms with Gasteiger partial charge >= 0.3 is 0 Å². The molecule has 3 aromatic heterocycles. The summed E-state index contributed by atoms with van der Waals surface area (Å²) in [6.07, 6.45) is 3.90. The van der Waals surface area contributed by atoms with Crippen LogP contribution in [0.25, 0.3) is 16.9 Å². The van der Waals surface area contributed by atoms with E-state index >= 15 is 0 Å². The Kier molecular flexibility index (Phi) is 2.76.